The van der Waals surface area contributed by atoms with Gasteiger partial charge in [0, 0.05) is 13.2 Å². The number of carbonyl (C=O) groups is 1. The summed E-state index contributed by atoms with van der Waals surface area (Å²) in [6, 6.07) is 1.86. The van der Waals surface area contributed by atoms with E-state index < -0.39 is 6.23 Å². The molecule has 5 nitrogen and oxygen atoms in total. The van der Waals surface area contributed by atoms with Crippen LogP contribution in [0.2, 0.25) is 0 Å². The van der Waals surface area contributed by atoms with E-state index in [4.69, 9.17) is 4.74 Å². The fourth-order valence-corrected chi connectivity index (χ4v) is 2.77. The van der Waals surface area contributed by atoms with E-state index >= 15 is 0 Å². The molecule has 1 aromatic rings. The van der Waals surface area contributed by atoms with Crippen LogP contribution in [-0.4, -0.2) is 15.7 Å². The molecule has 0 bridgehead atoms. The SMILES string of the molecule is CC1CCC(=C2NC(c3ccnn3C)OC2=O)CC1. The molecular formula is C14H19N3O2. The minimum Gasteiger partial charge on any atom is -0.431 e. The van der Waals surface area contributed by atoms with Crippen LogP contribution in [0, 0.1) is 5.92 Å². The summed E-state index contributed by atoms with van der Waals surface area (Å²) in [5, 5.41) is 7.32. The quantitative estimate of drug-likeness (QED) is 0.621. The van der Waals surface area contributed by atoms with Crippen LogP contribution in [0.5, 0.6) is 0 Å². The van der Waals surface area contributed by atoms with Crippen molar-refractivity contribution in [1.29, 1.82) is 0 Å². The number of rotatable bonds is 1. The van der Waals surface area contributed by atoms with Crippen molar-refractivity contribution >= 4 is 5.97 Å². The van der Waals surface area contributed by atoms with Gasteiger partial charge in [0.05, 0.1) is 5.69 Å². The van der Waals surface area contributed by atoms with Gasteiger partial charge in [-0.15, -0.1) is 0 Å². The molecule has 1 N–H and O–H groups in total. The van der Waals surface area contributed by atoms with Gasteiger partial charge in [0.1, 0.15) is 5.70 Å². The van der Waals surface area contributed by atoms with Crippen molar-refractivity contribution in [1.82, 2.24) is 15.1 Å². The predicted octanol–water partition coefficient (Wildman–Crippen LogP) is 2.03. The lowest BCUT2D eigenvalue weighted by Crippen LogP contribution is -2.18. The van der Waals surface area contributed by atoms with Crippen molar-refractivity contribution in [3.63, 3.8) is 0 Å². The molecule has 5 heteroatoms. The van der Waals surface area contributed by atoms with E-state index in [0.29, 0.717) is 5.70 Å². The van der Waals surface area contributed by atoms with Gasteiger partial charge in [-0.2, -0.15) is 5.10 Å². The van der Waals surface area contributed by atoms with Gasteiger partial charge in [-0.25, -0.2) is 4.79 Å². The maximum Gasteiger partial charge on any atom is 0.356 e. The maximum absolute atomic E-state index is 12.0. The number of allylic oxidation sites excluding steroid dienone is 1. The highest BCUT2D eigenvalue weighted by Gasteiger charge is 2.33. The highest BCUT2D eigenvalue weighted by molar-refractivity contribution is 5.90. The predicted molar refractivity (Wildman–Crippen MR) is 69.8 cm³/mol. The molecule has 102 valence electrons. The molecule has 3 rings (SSSR count). The Morgan fingerprint density at radius 2 is 2.16 bits per heavy atom. The smallest absolute Gasteiger partial charge is 0.356 e. The summed E-state index contributed by atoms with van der Waals surface area (Å²) in [5.74, 6) is 0.533. The van der Waals surface area contributed by atoms with Gasteiger partial charge >= 0.3 is 5.97 Å². The second-order valence-corrected chi connectivity index (χ2v) is 5.47. The van der Waals surface area contributed by atoms with Crippen molar-refractivity contribution in [2.24, 2.45) is 13.0 Å². The first-order valence-electron chi connectivity index (χ1n) is 6.82. The van der Waals surface area contributed by atoms with Crippen LogP contribution in [0.1, 0.15) is 44.5 Å². The molecule has 1 aliphatic heterocycles. The summed E-state index contributed by atoms with van der Waals surface area (Å²) in [6.07, 6.45) is 5.61. The second kappa shape index (κ2) is 4.72. The van der Waals surface area contributed by atoms with E-state index in [9.17, 15) is 4.79 Å². The Morgan fingerprint density at radius 1 is 1.42 bits per heavy atom. The lowest BCUT2D eigenvalue weighted by molar-refractivity contribution is -0.139. The molecule has 0 spiro atoms. The molecule has 19 heavy (non-hydrogen) atoms. The van der Waals surface area contributed by atoms with E-state index in [1.54, 1.807) is 10.9 Å². The molecule has 1 saturated heterocycles. The Bertz CT molecular complexity index is 523. The first-order valence-corrected chi connectivity index (χ1v) is 6.82. The first kappa shape index (κ1) is 12.3. The van der Waals surface area contributed by atoms with Crippen LogP contribution >= 0.6 is 0 Å². The van der Waals surface area contributed by atoms with Crippen molar-refractivity contribution in [2.45, 2.75) is 38.8 Å². The third-order valence-electron chi connectivity index (χ3n) is 4.06. The Hall–Kier alpha value is -1.78. The van der Waals surface area contributed by atoms with Gasteiger partial charge in [0.2, 0.25) is 6.23 Å². The fourth-order valence-electron chi connectivity index (χ4n) is 2.77. The molecule has 2 heterocycles. The summed E-state index contributed by atoms with van der Waals surface area (Å²) in [6.45, 7) is 2.26. The zero-order chi connectivity index (χ0) is 13.4. The summed E-state index contributed by atoms with van der Waals surface area (Å²) < 4.78 is 7.13. The number of hydrogen-bond donors (Lipinski definition) is 1. The maximum atomic E-state index is 12.0. The van der Waals surface area contributed by atoms with Crippen molar-refractivity contribution in [2.75, 3.05) is 0 Å². The van der Waals surface area contributed by atoms with E-state index in [1.165, 1.54) is 5.57 Å². The van der Waals surface area contributed by atoms with E-state index in [1.807, 2.05) is 13.1 Å². The molecule has 0 amide bonds. The fraction of sp³-hybridized carbons (Fsp3) is 0.571. The van der Waals surface area contributed by atoms with Crippen LogP contribution in [0.3, 0.4) is 0 Å². The van der Waals surface area contributed by atoms with Gasteiger partial charge < -0.3 is 10.1 Å². The van der Waals surface area contributed by atoms with Crippen LogP contribution < -0.4 is 5.32 Å². The zero-order valence-corrected chi connectivity index (χ0v) is 11.3. The minimum atomic E-state index is -0.401. The number of nitrogens with one attached hydrogen (secondary N) is 1. The monoisotopic (exact) mass is 261 g/mol. The summed E-state index contributed by atoms with van der Waals surface area (Å²) in [4.78, 5) is 12.0. The molecule has 1 atom stereocenters. The minimum absolute atomic E-state index is 0.226. The molecule has 2 fully saturated rings. The zero-order valence-electron chi connectivity index (χ0n) is 11.3. The molecule has 1 aliphatic carbocycles. The molecule has 2 aliphatic rings. The average Bonchev–Trinajstić information content (AvgIpc) is 2.96. The lowest BCUT2D eigenvalue weighted by atomic mass is 9.86. The van der Waals surface area contributed by atoms with Crippen LogP contribution in [0.25, 0.3) is 0 Å². The number of aromatic nitrogens is 2. The number of cyclic esters (lactones) is 1. The van der Waals surface area contributed by atoms with Gasteiger partial charge in [0.25, 0.3) is 0 Å². The van der Waals surface area contributed by atoms with Crippen LogP contribution in [0.15, 0.2) is 23.5 Å². The van der Waals surface area contributed by atoms with Gasteiger partial charge in [0.15, 0.2) is 0 Å². The summed E-state index contributed by atoms with van der Waals surface area (Å²) >= 11 is 0. The number of hydrogen-bond acceptors (Lipinski definition) is 4. The third-order valence-corrected chi connectivity index (χ3v) is 4.06. The Morgan fingerprint density at radius 3 is 2.79 bits per heavy atom. The van der Waals surface area contributed by atoms with Crippen LogP contribution in [-0.2, 0) is 16.6 Å². The van der Waals surface area contributed by atoms with Gasteiger partial charge in [-0.3, -0.25) is 4.68 Å². The third kappa shape index (κ3) is 2.25. The van der Waals surface area contributed by atoms with E-state index in [0.717, 1.165) is 37.3 Å². The number of esters is 1. The number of nitrogens with zero attached hydrogens (tertiary/aromatic N) is 2. The molecule has 1 unspecified atom stereocenters. The Kier molecular flexibility index (Phi) is 3.05. The molecule has 0 radical (unpaired) electrons. The first-order chi connectivity index (χ1) is 9.15. The second-order valence-electron chi connectivity index (χ2n) is 5.47. The Labute approximate surface area is 112 Å². The van der Waals surface area contributed by atoms with Crippen molar-refractivity contribution in [3.05, 3.63) is 29.2 Å². The lowest BCUT2D eigenvalue weighted by Gasteiger charge is -2.21. The van der Waals surface area contributed by atoms with Crippen LogP contribution in [0.4, 0.5) is 0 Å². The van der Waals surface area contributed by atoms with Gasteiger partial charge in [-0.1, -0.05) is 6.92 Å². The van der Waals surface area contributed by atoms with E-state index in [-0.39, 0.29) is 5.97 Å². The van der Waals surface area contributed by atoms with E-state index in [2.05, 4.69) is 17.3 Å². The summed E-state index contributed by atoms with van der Waals surface area (Å²) in [5.41, 5.74) is 2.76. The molecule has 1 aromatic heterocycles. The van der Waals surface area contributed by atoms with Gasteiger partial charge in [-0.05, 0) is 43.2 Å². The van der Waals surface area contributed by atoms with Crippen molar-refractivity contribution < 1.29 is 9.53 Å². The molecule has 0 aromatic carbocycles. The summed E-state index contributed by atoms with van der Waals surface area (Å²) in [7, 11) is 1.85. The average molecular weight is 261 g/mol. The number of carbonyl (C=O) groups excluding carboxylic acids is 1. The highest BCUT2D eigenvalue weighted by atomic mass is 16.6. The number of aryl methyl sites for hydroxylation is 1. The normalized spacial score (nSPS) is 27.4. The number of ether oxygens (including phenoxy) is 1. The Balaban J connectivity index is 1.81. The molecular weight excluding hydrogens is 242 g/mol. The largest absolute Gasteiger partial charge is 0.431 e. The molecule has 1 saturated carbocycles. The topological polar surface area (TPSA) is 56.1 Å². The highest BCUT2D eigenvalue weighted by Crippen LogP contribution is 2.33. The standard InChI is InChI=1S/C14H19N3O2/c1-9-3-5-10(6-4-9)12-14(18)19-13(16-12)11-7-8-15-17(11)2/h7-9,13,16H,3-6H2,1-2H3. The van der Waals surface area contributed by atoms with Crippen molar-refractivity contribution in [3.8, 4) is 0 Å².